The predicted octanol–water partition coefficient (Wildman–Crippen LogP) is 3.20. The van der Waals surface area contributed by atoms with Crippen LogP contribution in [-0.4, -0.2) is 56.4 Å². The minimum absolute atomic E-state index is 0.0894. The highest BCUT2D eigenvalue weighted by molar-refractivity contribution is 5.89. The number of aromatic amines is 1. The first-order valence-electron chi connectivity index (χ1n) is 10.4. The summed E-state index contributed by atoms with van der Waals surface area (Å²) >= 11 is 0. The molecule has 0 aromatic carbocycles. The molecule has 2 amide bonds. The average molecular weight is 463 g/mol. The van der Waals surface area contributed by atoms with Gasteiger partial charge in [0.2, 0.25) is 0 Å². The largest absolute Gasteiger partial charge is 0.417 e. The van der Waals surface area contributed by atoms with E-state index in [9.17, 15) is 22.8 Å². The number of urea groups is 1. The second-order valence-corrected chi connectivity index (χ2v) is 8.32. The van der Waals surface area contributed by atoms with Gasteiger partial charge >= 0.3 is 12.2 Å². The van der Waals surface area contributed by atoms with Crippen molar-refractivity contribution in [3.05, 3.63) is 46.6 Å². The molecule has 1 fully saturated rings. The van der Waals surface area contributed by atoms with Crippen molar-refractivity contribution < 1.29 is 18.0 Å². The first kappa shape index (κ1) is 22.6. The summed E-state index contributed by atoms with van der Waals surface area (Å²) in [6.45, 7) is 2.71. The Morgan fingerprint density at radius 2 is 2.06 bits per heavy atom. The van der Waals surface area contributed by atoms with Gasteiger partial charge in [-0.2, -0.15) is 18.3 Å². The molecule has 1 saturated heterocycles. The van der Waals surface area contributed by atoms with Crippen molar-refractivity contribution >= 4 is 28.4 Å². The first-order chi connectivity index (χ1) is 15.5. The number of hydrogen-bond donors (Lipinski definition) is 2. The van der Waals surface area contributed by atoms with Crippen molar-refractivity contribution in [3.8, 4) is 0 Å². The molecule has 2 atom stereocenters. The van der Waals surface area contributed by atoms with Crippen molar-refractivity contribution in [1.82, 2.24) is 24.6 Å². The van der Waals surface area contributed by atoms with Crippen molar-refractivity contribution in [2.75, 3.05) is 23.8 Å². The molecule has 0 spiro atoms. The Hall–Kier alpha value is -3.57. The molecule has 0 bridgehead atoms. The summed E-state index contributed by atoms with van der Waals surface area (Å²) in [5.74, 6) is 0. The number of rotatable bonds is 3. The lowest BCUT2D eigenvalue weighted by atomic mass is 9.96. The number of nitrogens with zero attached hydrogens (tertiary/aromatic N) is 5. The number of pyridine rings is 2. The van der Waals surface area contributed by atoms with Gasteiger partial charge in [-0.15, -0.1) is 0 Å². The molecule has 33 heavy (non-hydrogen) atoms. The van der Waals surface area contributed by atoms with Crippen LogP contribution in [0.25, 0.3) is 11.0 Å². The molecule has 1 aliphatic rings. The topological polar surface area (TPSA) is 99.1 Å². The zero-order valence-electron chi connectivity index (χ0n) is 18.3. The van der Waals surface area contributed by atoms with Crippen LogP contribution in [0.1, 0.15) is 25.3 Å². The van der Waals surface area contributed by atoms with Gasteiger partial charge in [0.25, 0.3) is 5.56 Å². The van der Waals surface area contributed by atoms with Crippen LogP contribution in [0.4, 0.5) is 29.3 Å². The van der Waals surface area contributed by atoms with E-state index in [4.69, 9.17) is 0 Å². The molecule has 0 aliphatic carbocycles. The van der Waals surface area contributed by atoms with Gasteiger partial charge < -0.3 is 19.7 Å². The van der Waals surface area contributed by atoms with Crippen LogP contribution in [0.5, 0.6) is 0 Å². The summed E-state index contributed by atoms with van der Waals surface area (Å²) in [4.78, 5) is 33.0. The number of fused-ring (bicyclic) bond motifs is 1. The molecule has 0 unspecified atom stereocenters. The summed E-state index contributed by atoms with van der Waals surface area (Å²) < 4.78 is 40.1. The fourth-order valence-electron chi connectivity index (χ4n) is 4.19. The van der Waals surface area contributed by atoms with Gasteiger partial charge in [-0.05, 0) is 31.9 Å². The Morgan fingerprint density at radius 1 is 1.30 bits per heavy atom. The van der Waals surface area contributed by atoms with E-state index in [1.807, 2.05) is 13.0 Å². The number of amides is 2. The van der Waals surface area contributed by atoms with Gasteiger partial charge in [-0.1, -0.05) is 0 Å². The smallest absolute Gasteiger partial charge is 0.367 e. The van der Waals surface area contributed by atoms with E-state index in [0.29, 0.717) is 37.3 Å². The van der Waals surface area contributed by atoms with Crippen molar-refractivity contribution in [3.63, 3.8) is 0 Å². The van der Waals surface area contributed by atoms with Crippen molar-refractivity contribution in [2.45, 2.75) is 38.0 Å². The normalized spacial score (nSPS) is 19.0. The van der Waals surface area contributed by atoms with E-state index in [1.54, 1.807) is 19.4 Å². The Labute approximate surface area is 187 Å². The lowest BCUT2D eigenvalue weighted by Crippen LogP contribution is -2.50. The number of aromatic nitrogens is 4. The minimum atomic E-state index is -4.63. The maximum Gasteiger partial charge on any atom is 0.417 e. The molecule has 12 heteroatoms. The number of anilines is 2. The van der Waals surface area contributed by atoms with Gasteiger partial charge in [0, 0.05) is 44.3 Å². The third-order valence-corrected chi connectivity index (χ3v) is 6.08. The van der Waals surface area contributed by atoms with Crippen LogP contribution < -0.4 is 15.8 Å². The van der Waals surface area contributed by atoms with E-state index in [0.717, 1.165) is 15.6 Å². The molecule has 4 heterocycles. The quantitative estimate of drug-likeness (QED) is 0.622. The van der Waals surface area contributed by atoms with Crippen molar-refractivity contribution in [2.24, 2.45) is 7.05 Å². The van der Waals surface area contributed by atoms with E-state index in [2.05, 4.69) is 25.4 Å². The molecule has 9 nitrogen and oxygen atoms in total. The summed E-state index contributed by atoms with van der Waals surface area (Å²) in [7, 11) is 2.80. The fraction of sp³-hybridized carbons (Fsp3) is 0.429. The molecule has 0 radical (unpaired) electrons. The van der Waals surface area contributed by atoms with Gasteiger partial charge in [0.05, 0.1) is 23.6 Å². The standard InChI is InChI=1S/C21H24F3N7O2/c1-12-6-15(4-5-31(12)16-7-13-9-26-28-18(13)25-10-16)30(3)20(33)27-17-8-14(21(22,23)24)11-29(2)19(17)32/h7-12,15H,4-6H2,1-3H3,(H,27,33)(H,25,26,28)/t12-,15-/m1/s1. The molecule has 2 N–H and O–H groups in total. The van der Waals surface area contributed by atoms with Crippen LogP contribution in [0, 0.1) is 0 Å². The number of aryl methyl sites for hydroxylation is 1. The molecular weight excluding hydrogens is 439 g/mol. The molecule has 1 aliphatic heterocycles. The van der Waals surface area contributed by atoms with Crippen LogP contribution in [0.3, 0.4) is 0 Å². The number of piperidine rings is 1. The molecule has 3 aromatic rings. The Morgan fingerprint density at radius 3 is 2.76 bits per heavy atom. The van der Waals surface area contributed by atoms with Crippen molar-refractivity contribution in [1.29, 1.82) is 0 Å². The molecule has 0 saturated carbocycles. The molecule has 176 valence electrons. The highest BCUT2D eigenvalue weighted by Crippen LogP contribution is 2.30. The number of halogens is 3. The number of carbonyl (C=O) groups excluding carboxylic acids is 1. The summed E-state index contributed by atoms with van der Waals surface area (Å²) in [5.41, 5.74) is -0.468. The van der Waals surface area contributed by atoms with E-state index < -0.39 is 29.0 Å². The third-order valence-electron chi connectivity index (χ3n) is 6.08. The van der Waals surface area contributed by atoms with E-state index in [-0.39, 0.29) is 12.1 Å². The van der Waals surface area contributed by atoms with Crippen LogP contribution in [0.15, 0.2) is 35.5 Å². The summed E-state index contributed by atoms with van der Waals surface area (Å²) in [5, 5.41) is 10.1. The van der Waals surface area contributed by atoms with E-state index >= 15 is 0 Å². The Balaban J connectivity index is 1.45. The summed E-state index contributed by atoms with van der Waals surface area (Å²) in [6, 6.07) is 1.99. The lowest BCUT2D eigenvalue weighted by molar-refractivity contribution is -0.138. The minimum Gasteiger partial charge on any atom is -0.367 e. The SMILES string of the molecule is C[C@@H]1C[C@H](N(C)C(=O)Nc2cc(C(F)(F)F)cn(C)c2=O)CCN1c1cnc2[nH]ncc2c1. The fourth-order valence-corrected chi connectivity index (χ4v) is 4.19. The van der Waals surface area contributed by atoms with Gasteiger partial charge in [0.1, 0.15) is 5.69 Å². The molecule has 4 rings (SSSR count). The average Bonchev–Trinajstić information content (AvgIpc) is 3.23. The van der Waals surface area contributed by atoms with Crippen LogP contribution in [0.2, 0.25) is 0 Å². The highest BCUT2D eigenvalue weighted by Gasteiger charge is 2.33. The first-order valence-corrected chi connectivity index (χ1v) is 10.4. The number of nitrogens with one attached hydrogen (secondary N) is 2. The number of hydrogen-bond acceptors (Lipinski definition) is 5. The highest BCUT2D eigenvalue weighted by atomic mass is 19.4. The zero-order valence-corrected chi connectivity index (χ0v) is 18.3. The maximum atomic E-state index is 13.1. The molecular formula is C21H24F3N7O2. The number of carbonyl (C=O) groups is 1. The zero-order chi connectivity index (χ0) is 23.9. The monoisotopic (exact) mass is 463 g/mol. The van der Waals surface area contributed by atoms with Gasteiger partial charge in [-0.3, -0.25) is 9.89 Å². The molecule has 3 aromatic heterocycles. The third kappa shape index (κ3) is 4.50. The maximum absolute atomic E-state index is 13.1. The Kier molecular flexibility index (Phi) is 5.76. The van der Waals surface area contributed by atoms with Gasteiger partial charge in [0.15, 0.2) is 5.65 Å². The van der Waals surface area contributed by atoms with Gasteiger partial charge in [-0.25, -0.2) is 9.78 Å². The van der Waals surface area contributed by atoms with E-state index in [1.165, 1.54) is 11.9 Å². The second-order valence-electron chi connectivity index (χ2n) is 8.32. The summed E-state index contributed by atoms with van der Waals surface area (Å²) in [6.07, 6.45) is 0.852. The lowest BCUT2D eigenvalue weighted by Gasteiger charge is -2.42. The number of alkyl halides is 3. The number of H-pyrrole nitrogens is 1. The van der Waals surface area contributed by atoms with Crippen LogP contribution in [-0.2, 0) is 13.2 Å². The second kappa shape index (κ2) is 8.41. The Bertz CT molecular complexity index is 1240. The van der Waals surface area contributed by atoms with Crippen LogP contribution >= 0.6 is 0 Å². The predicted molar refractivity (Wildman–Crippen MR) is 117 cm³/mol.